The van der Waals surface area contributed by atoms with Crippen molar-refractivity contribution in [3.05, 3.63) is 52.1 Å². The van der Waals surface area contributed by atoms with E-state index >= 15 is 0 Å². The Kier molecular flexibility index (Phi) is 4.42. The fraction of sp³-hybridized carbons (Fsp3) is 0.0588. The number of nitrogens with zero attached hydrogens (tertiary/aromatic N) is 1. The molecule has 0 unspecified atom stereocenters. The summed E-state index contributed by atoms with van der Waals surface area (Å²) in [6, 6.07) is 9.10. The maximum atomic E-state index is 14.0. The molecule has 0 saturated carbocycles. The number of anilines is 1. The Balaban J connectivity index is 1.69. The van der Waals surface area contributed by atoms with Crippen molar-refractivity contribution in [1.29, 1.82) is 0 Å². The van der Waals surface area contributed by atoms with Crippen LogP contribution in [0.4, 0.5) is 9.52 Å². The van der Waals surface area contributed by atoms with E-state index in [1.165, 1.54) is 18.2 Å². The minimum Gasteiger partial charge on any atom is -0.297 e. The largest absolute Gasteiger partial charge is 0.297 e. The number of halogens is 2. The third-order valence-corrected chi connectivity index (χ3v) is 7.51. The molecule has 0 radical (unpaired) electrons. The molecule has 4 aromatic rings. The van der Waals surface area contributed by atoms with Crippen LogP contribution in [-0.2, 0) is 9.84 Å². The van der Waals surface area contributed by atoms with Gasteiger partial charge < -0.3 is 0 Å². The molecule has 2 aromatic carbocycles. The SMILES string of the molecule is CS(=O)(=O)c1ccc2nc(NC(=O)c3sc4cccc(F)c4c3Cl)sc2c1. The number of thiophene rings is 1. The molecule has 2 aromatic heterocycles. The number of carbonyl (C=O) groups excluding carboxylic acids is 1. The Morgan fingerprint density at radius 1 is 1.19 bits per heavy atom. The second-order valence-corrected chi connectivity index (χ2v) is 10.2. The molecule has 0 spiro atoms. The van der Waals surface area contributed by atoms with Crippen molar-refractivity contribution in [3.63, 3.8) is 0 Å². The summed E-state index contributed by atoms with van der Waals surface area (Å²) >= 11 is 8.44. The molecule has 2 heterocycles. The van der Waals surface area contributed by atoms with Crippen LogP contribution in [0.5, 0.6) is 0 Å². The van der Waals surface area contributed by atoms with Crippen LogP contribution in [0.2, 0.25) is 5.02 Å². The van der Waals surface area contributed by atoms with Gasteiger partial charge in [-0.1, -0.05) is 29.0 Å². The van der Waals surface area contributed by atoms with Crippen LogP contribution in [0.1, 0.15) is 9.67 Å². The highest BCUT2D eigenvalue weighted by atomic mass is 35.5. The van der Waals surface area contributed by atoms with Crippen LogP contribution >= 0.6 is 34.3 Å². The number of rotatable bonds is 3. The van der Waals surface area contributed by atoms with Gasteiger partial charge in [-0.25, -0.2) is 17.8 Å². The van der Waals surface area contributed by atoms with Crippen molar-refractivity contribution in [1.82, 2.24) is 4.98 Å². The van der Waals surface area contributed by atoms with Gasteiger partial charge in [-0.2, -0.15) is 0 Å². The Morgan fingerprint density at radius 2 is 1.96 bits per heavy atom. The molecule has 27 heavy (non-hydrogen) atoms. The molecule has 0 atom stereocenters. The first-order valence-electron chi connectivity index (χ1n) is 7.52. The van der Waals surface area contributed by atoms with Crippen LogP contribution in [0.3, 0.4) is 0 Å². The van der Waals surface area contributed by atoms with Crippen LogP contribution in [0, 0.1) is 5.82 Å². The van der Waals surface area contributed by atoms with Crippen LogP contribution in [-0.4, -0.2) is 25.6 Å². The van der Waals surface area contributed by atoms with Crippen molar-refractivity contribution in [2.45, 2.75) is 4.90 Å². The lowest BCUT2D eigenvalue weighted by molar-refractivity contribution is 0.103. The molecule has 0 saturated heterocycles. The summed E-state index contributed by atoms with van der Waals surface area (Å²) in [5.74, 6) is -0.982. The molecule has 0 aliphatic heterocycles. The van der Waals surface area contributed by atoms with Gasteiger partial charge in [0.05, 0.1) is 20.1 Å². The highest BCUT2D eigenvalue weighted by Crippen LogP contribution is 2.37. The van der Waals surface area contributed by atoms with Crippen LogP contribution < -0.4 is 5.32 Å². The Morgan fingerprint density at radius 3 is 2.67 bits per heavy atom. The zero-order valence-electron chi connectivity index (χ0n) is 13.6. The van der Waals surface area contributed by atoms with E-state index in [9.17, 15) is 17.6 Å². The molecule has 10 heteroatoms. The van der Waals surface area contributed by atoms with Crippen LogP contribution in [0.25, 0.3) is 20.3 Å². The summed E-state index contributed by atoms with van der Waals surface area (Å²) in [7, 11) is -3.34. The minimum absolute atomic E-state index is 0.0612. The van der Waals surface area contributed by atoms with Gasteiger partial charge >= 0.3 is 0 Å². The number of thiazole rings is 1. The Hall–Kier alpha value is -2.07. The first-order chi connectivity index (χ1) is 12.7. The van der Waals surface area contributed by atoms with E-state index in [4.69, 9.17) is 11.6 Å². The first kappa shape index (κ1) is 18.3. The van der Waals surface area contributed by atoms with Crippen molar-refractivity contribution < 1.29 is 17.6 Å². The van der Waals surface area contributed by atoms with Crippen molar-refractivity contribution in [2.75, 3.05) is 11.6 Å². The lowest BCUT2D eigenvalue weighted by Gasteiger charge is -1.99. The number of fused-ring (bicyclic) bond motifs is 2. The van der Waals surface area contributed by atoms with E-state index in [1.807, 2.05) is 0 Å². The monoisotopic (exact) mass is 440 g/mol. The summed E-state index contributed by atoms with van der Waals surface area (Å²) in [5, 5.41) is 3.23. The third-order valence-electron chi connectivity index (χ3n) is 3.82. The molecular formula is C17H10ClFN2O3S3. The number of hydrogen-bond acceptors (Lipinski definition) is 6. The normalized spacial score (nSPS) is 12.0. The number of hydrogen-bond donors (Lipinski definition) is 1. The van der Waals surface area contributed by atoms with Gasteiger partial charge in [-0.05, 0) is 30.3 Å². The molecule has 0 fully saturated rings. The maximum absolute atomic E-state index is 14.0. The summed E-state index contributed by atoms with van der Waals surface area (Å²) in [6.45, 7) is 0. The first-order valence-corrected chi connectivity index (χ1v) is 11.4. The predicted octanol–water partition coefficient (Wildman–Crippen LogP) is 4.96. The van der Waals surface area contributed by atoms with Gasteiger partial charge in [-0.15, -0.1) is 11.3 Å². The second kappa shape index (κ2) is 6.52. The van der Waals surface area contributed by atoms with Crippen molar-refractivity contribution in [3.8, 4) is 0 Å². The molecule has 1 N–H and O–H groups in total. The lowest BCUT2D eigenvalue weighted by Crippen LogP contribution is -2.10. The summed E-state index contributed by atoms with van der Waals surface area (Å²) in [5.41, 5.74) is 0.566. The van der Waals surface area contributed by atoms with E-state index < -0.39 is 21.6 Å². The molecule has 0 bridgehead atoms. The third kappa shape index (κ3) is 3.31. The van der Waals surface area contributed by atoms with E-state index in [0.29, 0.717) is 20.0 Å². The van der Waals surface area contributed by atoms with Gasteiger partial charge in [-0.3, -0.25) is 10.1 Å². The molecule has 0 aliphatic rings. The van der Waals surface area contributed by atoms with E-state index in [0.717, 1.165) is 28.9 Å². The summed E-state index contributed by atoms with van der Waals surface area (Å²) in [4.78, 5) is 17.2. The quantitative estimate of drug-likeness (QED) is 0.488. The molecule has 4 rings (SSSR count). The molecule has 1 amide bonds. The fourth-order valence-corrected chi connectivity index (χ4v) is 5.63. The second-order valence-electron chi connectivity index (χ2n) is 5.73. The standard InChI is InChI=1S/C17H10ClFN2O3S3/c1-27(23,24)8-5-6-10-12(7-8)26-17(20-10)21-16(22)15-14(18)13-9(19)3-2-4-11(13)25-15/h2-7H,1H3,(H,20,21,22). The summed E-state index contributed by atoms with van der Waals surface area (Å²) in [6.07, 6.45) is 1.13. The highest BCUT2D eigenvalue weighted by Gasteiger charge is 2.20. The smallest absolute Gasteiger partial charge is 0.269 e. The van der Waals surface area contributed by atoms with E-state index in [2.05, 4.69) is 10.3 Å². The Labute approximate surface area is 166 Å². The molecular weight excluding hydrogens is 431 g/mol. The zero-order valence-corrected chi connectivity index (χ0v) is 16.8. The van der Waals surface area contributed by atoms with Crippen molar-refractivity contribution in [2.24, 2.45) is 0 Å². The highest BCUT2D eigenvalue weighted by molar-refractivity contribution is 7.90. The van der Waals surface area contributed by atoms with Gasteiger partial charge in [0.25, 0.3) is 5.91 Å². The van der Waals surface area contributed by atoms with Gasteiger partial charge in [0.1, 0.15) is 10.7 Å². The molecule has 5 nitrogen and oxygen atoms in total. The fourth-order valence-electron chi connectivity index (χ4n) is 2.56. The van der Waals surface area contributed by atoms with Crippen LogP contribution in [0.15, 0.2) is 41.3 Å². The molecule has 138 valence electrons. The average Bonchev–Trinajstić information content (AvgIpc) is 3.14. The number of amides is 1. The Bertz CT molecular complexity index is 1330. The average molecular weight is 441 g/mol. The van der Waals surface area contributed by atoms with Gasteiger partial charge in [0, 0.05) is 16.3 Å². The zero-order chi connectivity index (χ0) is 19.3. The van der Waals surface area contributed by atoms with Gasteiger partial charge in [0.15, 0.2) is 15.0 Å². The number of nitrogens with one attached hydrogen (secondary N) is 1. The minimum atomic E-state index is -3.34. The number of carbonyl (C=O) groups is 1. The van der Waals surface area contributed by atoms with E-state index in [-0.39, 0.29) is 20.2 Å². The number of aromatic nitrogens is 1. The summed E-state index contributed by atoms with van der Waals surface area (Å²) < 4.78 is 38.5. The van der Waals surface area contributed by atoms with Crippen molar-refractivity contribution >= 4 is 75.5 Å². The predicted molar refractivity (Wildman–Crippen MR) is 107 cm³/mol. The maximum Gasteiger partial charge on any atom is 0.269 e. The number of benzene rings is 2. The topological polar surface area (TPSA) is 76.1 Å². The molecule has 0 aliphatic carbocycles. The lowest BCUT2D eigenvalue weighted by atomic mass is 10.2. The van der Waals surface area contributed by atoms with E-state index in [1.54, 1.807) is 18.2 Å². The van der Waals surface area contributed by atoms with Gasteiger partial charge in [0.2, 0.25) is 0 Å². The number of sulfone groups is 1.